The second-order valence-electron chi connectivity index (χ2n) is 6.22. The first kappa shape index (κ1) is 20.6. The summed E-state index contributed by atoms with van der Waals surface area (Å²) in [7, 11) is 0. The Morgan fingerprint density at radius 3 is 2.64 bits per heavy atom. The Hall–Kier alpha value is -2.15. The summed E-state index contributed by atoms with van der Waals surface area (Å²) in [6.07, 6.45) is 0. The summed E-state index contributed by atoms with van der Waals surface area (Å²) in [5.74, 6) is -0.827. The van der Waals surface area contributed by atoms with Crippen LogP contribution in [0.15, 0.2) is 35.3 Å². The van der Waals surface area contributed by atoms with E-state index in [1.807, 2.05) is 26.0 Å². The minimum absolute atomic E-state index is 0.118. The molecule has 0 aliphatic rings. The lowest BCUT2D eigenvalue weighted by Crippen LogP contribution is -2.23. The molecular weight excluding hydrogens is 419 g/mol. The zero-order valence-electron chi connectivity index (χ0n) is 15.6. The van der Waals surface area contributed by atoms with E-state index < -0.39 is 5.97 Å². The number of aromatic nitrogens is 1. The Kier molecular flexibility index (Phi) is 6.23. The van der Waals surface area contributed by atoms with E-state index >= 15 is 0 Å². The monoisotopic (exact) mass is 436 g/mol. The molecular formula is C20H18Cl2N2O3S. The number of aryl methyl sites for hydroxylation is 2. The van der Waals surface area contributed by atoms with Gasteiger partial charge in [0, 0.05) is 5.56 Å². The van der Waals surface area contributed by atoms with Gasteiger partial charge < -0.3 is 9.30 Å². The number of nitrogens with zero attached hydrogens (tertiary/aromatic N) is 2. The van der Waals surface area contributed by atoms with Gasteiger partial charge >= 0.3 is 5.97 Å². The van der Waals surface area contributed by atoms with Gasteiger partial charge in [-0.1, -0.05) is 52.2 Å². The lowest BCUT2D eigenvalue weighted by Gasteiger charge is -2.07. The molecule has 0 fully saturated rings. The third-order valence-corrected chi connectivity index (χ3v) is 5.99. The van der Waals surface area contributed by atoms with Crippen LogP contribution in [0.1, 0.15) is 28.4 Å². The molecule has 0 spiro atoms. The number of thiazole rings is 1. The Morgan fingerprint density at radius 2 is 1.93 bits per heavy atom. The summed E-state index contributed by atoms with van der Waals surface area (Å²) in [6.45, 7) is 5.64. The standard InChI is InChI=1S/C20H18Cl2N2O3S/c1-4-27-16(25)10-24-18-15(8-7-14(21)17(18)22)28-20(24)23-19(26)13-9-11(2)5-6-12(13)3/h5-9H,4,10H2,1-3H3. The first-order valence-corrected chi connectivity index (χ1v) is 10.2. The van der Waals surface area contributed by atoms with Gasteiger partial charge in [0.25, 0.3) is 5.91 Å². The lowest BCUT2D eigenvalue weighted by atomic mass is 10.1. The highest BCUT2D eigenvalue weighted by atomic mass is 35.5. The predicted octanol–water partition coefficient (Wildman–Crippen LogP) is 4.93. The number of benzene rings is 2. The number of carbonyl (C=O) groups is 2. The molecule has 28 heavy (non-hydrogen) atoms. The summed E-state index contributed by atoms with van der Waals surface area (Å²) < 4.78 is 7.40. The van der Waals surface area contributed by atoms with Gasteiger partial charge in [-0.2, -0.15) is 4.99 Å². The maximum atomic E-state index is 12.8. The Balaban J connectivity index is 2.20. The minimum Gasteiger partial charge on any atom is -0.465 e. The average Bonchev–Trinajstić information content (AvgIpc) is 2.98. The minimum atomic E-state index is -0.445. The number of amides is 1. The summed E-state index contributed by atoms with van der Waals surface area (Å²) in [6, 6.07) is 9.08. The largest absolute Gasteiger partial charge is 0.465 e. The van der Waals surface area contributed by atoms with E-state index in [0.29, 0.717) is 25.9 Å². The van der Waals surface area contributed by atoms with Gasteiger partial charge in [-0.15, -0.1) is 0 Å². The van der Waals surface area contributed by atoms with Crippen LogP contribution in [0.3, 0.4) is 0 Å². The highest BCUT2D eigenvalue weighted by Gasteiger charge is 2.17. The second-order valence-corrected chi connectivity index (χ2v) is 8.01. The van der Waals surface area contributed by atoms with Gasteiger partial charge in [0.1, 0.15) is 6.54 Å². The topological polar surface area (TPSA) is 60.7 Å². The maximum Gasteiger partial charge on any atom is 0.326 e. The van der Waals surface area contributed by atoms with Crippen molar-refractivity contribution in [2.75, 3.05) is 6.61 Å². The van der Waals surface area contributed by atoms with Gasteiger partial charge in [-0.25, -0.2) is 0 Å². The number of rotatable bonds is 4. The van der Waals surface area contributed by atoms with Crippen LogP contribution < -0.4 is 4.80 Å². The van der Waals surface area contributed by atoms with Crippen molar-refractivity contribution in [1.82, 2.24) is 4.57 Å². The molecule has 2 aromatic carbocycles. The van der Waals surface area contributed by atoms with E-state index in [4.69, 9.17) is 27.9 Å². The van der Waals surface area contributed by atoms with Crippen LogP contribution >= 0.6 is 34.5 Å². The fraction of sp³-hybridized carbons (Fsp3) is 0.250. The molecule has 5 nitrogen and oxygen atoms in total. The molecule has 0 N–H and O–H groups in total. The van der Waals surface area contributed by atoms with Gasteiger partial charge in [0.2, 0.25) is 0 Å². The number of hydrogen-bond donors (Lipinski definition) is 0. The molecule has 0 radical (unpaired) electrons. The Labute approximate surface area is 176 Å². The van der Waals surface area contributed by atoms with Crippen LogP contribution in [0.2, 0.25) is 10.0 Å². The summed E-state index contributed by atoms with van der Waals surface area (Å²) in [5, 5.41) is 0.664. The number of hydrogen-bond acceptors (Lipinski definition) is 4. The van der Waals surface area contributed by atoms with Crippen molar-refractivity contribution >= 4 is 56.6 Å². The number of halogens is 2. The zero-order chi connectivity index (χ0) is 20.4. The predicted molar refractivity (Wildman–Crippen MR) is 112 cm³/mol. The van der Waals surface area contributed by atoms with Crippen molar-refractivity contribution in [3.8, 4) is 0 Å². The van der Waals surface area contributed by atoms with E-state index in [-0.39, 0.29) is 19.1 Å². The molecule has 8 heteroatoms. The van der Waals surface area contributed by atoms with E-state index in [1.54, 1.807) is 29.7 Å². The smallest absolute Gasteiger partial charge is 0.326 e. The molecule has 3 rings (SSSR count). The number of esters is 1. The number of ether oxygens (including phenoxy) is 1. The lowest BCUT2D eigenvalue weighted by molar-refractivity contribution is -0.143. The number of carbonyl (C=O) groups excluding carboxylic acids is 2. The fourth-order valence-corrected chi connectivity index (χ4v) is 4.30. The highest BCUT2D eigenvalue weighted by Crippen LogP contribution is 2.32. The van der Waals surface area contributed by atoms with Crippen molar-refractivity contribution in [2.45, 2.75) is 27.3 Å². The van der Waals surface area contributed by atoms with Crippen LogP contribution in [0, 0.1) is 13.8 Å². The van der Waals surface area contributed by atoms with Gasteiger partial charge in [0.05, 0.1) is 26.9 Å². The molecule has 0 saturated carbocycles. The molecule has 1 amide bonds. The average molecular weight is 437 g/mol. The van der Waals surface area contributed by atoms with E-state index in [1.165, 1.54) is 11.3 Å². The molecule has 0 aliphatic heterocycles. The quantitative estimate of drug-likeness (QED) is 0.544. The van der Waals surface area contributed by atoms with Crippen molar-refractivity contribution in [3.63, 3.8) is 0 Å². The molecule has 0 saturated heterocycles. The van der Waals surface area contributed by atoms with Crippen molar-refractivity contribution in [1.29, 1.82) is 0 Å². The van der Waals surface area contributed by atoms with E-state index in [2.05, 4.69) is 4.99 Å². The summed E-state index contributed by atoms with van der Waals surface area (Å²) in [5.41, 5.74) is 2.87. The van der Waals surface area contributed by atoms with Gasteiger partial charge in [-0.05, 0) is 44.5 Å². The van der Waals surface area contributed by atoms with Crippen molar-refractivity contribution < 1.29 is 14.3 Å². The van der Waals surface area contributed by atoms with Gasteiger partial charge in [0.15, 0.2) is 4.80 Å². The third-order valence-electron chi connectivity index (χ3n) is 4.15. The molecule has 0 bridgehead atoms. The van der Waals surface area contributed by atoms with E-state index in [0.717, 1.165) is 15.8 Å². The number of fused-ring (bicyclic) bond motifs is 1. The third kappa shape index (κ3) is 4.14. The first-order chi connectivity index (χ1) is 13.3. The highest BCUT2D eigenvalue weighted by molar-refractivity contribution is 7.16. The molecule has 0 aliphatic carbocycles. The van der Waals surface area contributed by atoms with Gasteiger partial charge in [-0.3, -0.25) is 9.59 Å². The maximum absolute atomic E-state index is 12.8. The normalized spacial score (nSPS) is 11.8. The van der Waals surface area contributed by atoms with Crippen LogP contribution in [0.5, 0.6) is 0 Å². The fourth-order valence-electron chi connectivity index (χ4n) is 2.78. The molecule has 0 atom stereocenters. The van der Waals surface area contributed by atoms with Crippen LogP contribution in [0.4, 0.5) is 0 Å². The molecule has 3 aromatic rings. The zero-order valence-corrected chi connectivity index (χ0v) is 17.9. The second kappa shape index (κ2) is 8.47. The summed E-state index contributed by atoms with van der Waals surface area (Å²) >= 11 is 13.8. The molecule has 0 unspecified atom stereocenters. The van der Waals surface area contributed by atoms with Crippen LogP contribution in [-0.4, -0.2) is 23.1 Å². The molecule has 1 heterocycles. The van der Waals surface area contributed by atoms with Crippen LogP contribution in [0.25, 0.3) is 10.2 Å². The van der Waals surface area contributed by atoms with E-state index in [9.17, 15) is 9.59 Å². The summed E-state index contributed by atoms with van der Waals surface area (Å²) in [4.78, 5) is 29.6. The SMILES string of the molecule is CCOC(=O)Cn1c(=NC(=O)c2cc(C)ccc2C)sc2ccc(Cl)c(Cl)c21. The van der Waals surface area contributed by atoms with Crippen molar-refractivity contribution in [3.05, 3.63) is 61.9 Å². The molecule has 146 valence electrons. The Bertz CT molecular complexity index is 1150. The van der Waals surface area contributed by atoms with Crippen LogP contribution in [-0.2, 0) is 16.1 Å². The molecule has 1 aromatic heterocycles. The Morgan fingerprint density at radius 1 is 1.18 bits per heavy atom. The first-order valence-electron chi connectivity index (χ1n) is 8.61. The van der Waals surface area contributed by atoms with Crippen molar-refractivity contribution in [2.24, 2.45) is 4.99 Å².